The minimum absolute atomic E-state index is 0.00919. The van der Waals surface area contributed by atoms with Crippen molar-refractivity contribution in [3.05, 3.63) is 70.2 Å². The lowest BCUT2D eigenvalue weighted by Crippen LogP contribution is -2.33. The van der Waals surface area contributed by atoms with Crippen LogP contribution in [0.2, 0.25) is 0 Å². The first-order valence-electron chi connectivity index (χ1n) is 12.9. The average Bonchev–Trinajstić information content (AvgIpc) is 3.15. The van der Waals surface area contributed by atoms with E-state index in [9.17, 15) is 26.4 Å². The zero-order valence-electron chi connectivity index (χ0n) is 23.3. The minimum atomic E-state index is -3.73. The van der Waals surface area contributed by atoms with Crippen LogP contribution < -0.4 is 15.2 Å². The number of fused-ring (bicyclic) bond motifs is 1. The van der Waals surface area contributed by atoms with Crippen molar-refractivity contribution in [3.8, 4) is 22.8 Å². The van der Waals surface area contributed by atoms with Gasteiger partial charge in [-0.25, -0.2) is 36.4 Å². The fourth-order valence-corrected chi connectivity index (χ4v) is 5.59. The lowest BCUT2D eigenvalue weighted by atomic mass is 10.0. The van der Waals surface area contributed by atoms with Gasteiger partial charge >= 0.3 is 5.69 Å². The fourth-order valence-electron chi connectivity index (χ4n) is 4.69. The van der Waals surface area contributed by atoms with E-state index in [1.807, 2.05) is 13.8 Å². The van der Waals surface area contributed by atoms with Crippen molar-refractivity contribution in [2.45, 2.75) is 52.8 Å². The molecule has 13 heteroatoms. The predicted octanol–water partition coefficient (Wildman–Crippen LogP) is 4.79. The molecule has 0 bridgehead atoms. The van der Waals surface area contributed by atoms with E-state index in [1.165, 1.54) is 36.5 Å². The average molecular weight is 593 g/mol. The zero-order chi connectivity index (χ0) is 30.1. The maximum absolute atomic E-state index is 13.8. The topological polar surface area (TPSA) is 105 Å². The van der Waals surface area contributed by atoms with Crippen LogP contribution in [0.3, 0.4) is 0 Å². The van der Waals surface area contributed by atoms with Crippen LogP contribution in [0.4, 0.5) is 13.2 Å². The summed E-state index contributed by atoms with van der Waals surface area (Å²) in [5.41, 5.74) is 0.913. The Morgan fingerprint density at radius 2 is 1.76 bits per heavy atom. The van der Waals surface area contributed by atoms with E-state index in [2.05, 4.69) is 9.97 Å². The van der Waals surface area contributed by atoms with Crippen molar-refractivity contribution in [3.63, 3.8) is 0 Å². The van der Waals surface area contributed by atoms with E-state index in [-0.39, 0.29) is 35.4 Å². The van der Waals surface area contributed by atoms with E-state index in [0.29, 0.717) is 22.4 Å². The Balaban J connectivity index is 2.01. The second kappa shape index (κ2) is 11.9. The summed E-state index contributed by atoms with van der Waals surface area (Å²) in [7, 11) is -3.73. The Labute approximate surface area is 235 Å². The lowest BCUT2D eigenvalue weighted by molar-refractivity contribution is 0.126. The van der Waals surface area contributed by atoms with Crippen LogP contribution in [0.15, 0.2) is 47.4 Å². The number of hydrogen-bond acceptors (Lipinski definition) is 7. The van der Waals surface area contributed by atoms with Crippen LogP contribution in [0.5, 0.6) is 11.6 Å². The largest absolute Gasteiger partial charge is 0.485 e. The van der Waals surface area contributed by atoms with Gasteiger partial charge in [-0.1, -0.05) is 12.1 Å². The van der Waals surface area contributed by atoms with E-state index < -0.39 is 46.1 Å². The molecule has 0 aliphatic rings. The van der Waals surface area contributed by atoms with Crippen LogP contribution in [-0.4, -0.2) is 58.7 Å². The van der Waals surface area contributed by atoms with Crippen molar-refractivity contribution in [1.29, 1.82) is 0 Å². The van der Waals surface area contributed by atoms with Gasteiger partial charge in [-0.2, -0.15) is 0 Å². The molecule has 0 saturated heterocycles. The van der Waals surface area contributed by atoms with Crippen molar-refractivity contribution in [1.82, 2.24) is 19.1 Å². The number of hydrogen-bond donors (Lipinski definition) is 0. The highest BCUT2D eigenvalue weighted by Crippen LogP contribution is 2.33. The Morgan fingerprint density at radius 3 is 2.34 bits per heavy atom. The molecule has 4 rings (SSSR count). The van der Waals surface area contributed by atoms with Gasteiger partial charge in [-0.3, -0.25) is 9.13 Å². The molecule has 9 nitrogen and oxygen atoms in total. The lowest BCUT2D eigenvalue weighted by Gasteiger charge is -2.20. The van der Waals surface area contributed by atoms with Crippen LogP contribution in [-0.2, 0) is 16.4 Å². The van der Waals surface area contributed by atoms with Crippen molar-refractivity contribution in [2.24, 2.45) is 0 Å². The highest BCUT2D eigenvalue weighted by Gasteiger charge is 2.30. The molecule has 1 aromatic carbocycles. The number of imidazole rings is 1. The van der Waals surface area contributed by atoms with Crippen LogP contribution >= 0.6 is 0 Å². The maximum atomic E-state index is 13.8. The second-order valence-electron chi connectivity index (χ2n) is 9.88. The molecule has 0 amide bonds. The summed E-state index contributed by atoms with van der Waals surface area (Å²) in [6.45, 7) is 6.33. The molecule has 220 valence electrons. The Kier molecular flexibility index (Phi) is 8.76. The summed E-state index contributed by atoms with van der Waals surface area (Å²) < 4.78 is 79.6. The number of nitrogens with zero attached hydrogens (tertiary/aromatic N) is 4. The predicted molar refractivity (Wildman–Crippen MR) is 149 cm³/mol. The standard InChI is InChI=1S/C28H31F3N4O5S/c1-6-39-27-23(40-16(2)3)12-11-21(33-27)22(15-41(5,37)38)35-26-25(34(28(35)36)14-24(30)31)17(4)20(13-32-26)18-7-9-19(29)10-8-18/h7-13,16,22,24H,6,14-15H2,1-5H3. The maximum Gasteiger partial charge on any atom is 0.331 e. The minimum Gasteiger partial charge on any atom is -0.485 e. The van der Waals surface area contributed by atoms with Gasteiger partial charge in [0.15, 0.2) is 11.4 Å². The van der Waals surface area contributed by atoms with E-state index in [0.717, 1.165) is 15.4 Å². The number of benzene rings is 1. The van der Waals surface area contributed by atoms with Gasteiger partial charge in [0.05, 0.1) is 42.3 Å². The summed E-state index contributed by atoms with van der Waals surface area (Å²) in [6.07, 6.45) is -0.631. The normalized spacial score (nSPS) is 12.8. The molecular weight excluding hydrogens is 561 g/mol. The second-order valence-corrected chi connectivity index (χ2v) is 12.1. The van der Waals surface area contributed by atoms with Gasteiger partial charge in [-0.05, 0) is 63.1 Å². The molecule has 0 fully saturated rings. The first kappa shape index (κ1) is 30.1. The third kappa shape index (κ3) is 6.55. The smallest absolute Gasteiger partial charge is 0.331 e. The van der Waals surface area contributed by atoms with Gasteiger partial charge in [0, 0.05) is 18.0 Å². The van der Waals surface area contributed by atoms with Crippen LogP contribution in [0.25, 0.3) is 22.3 Å². The Morgan fingerprint density at radius 1 is 1.07 bits per heavy atom. The molecule has 3 aromatic heterocycles. The molecule has 0 spiro atoms. The molecular formula is C28H31F3N4O5S. The molecule has 41 heavy (non-hydrogen) atoms. The highest BCUT2D eigenvalue weighted by molar-refractivity contribution is 7.90. The van der Waals surface area contributed by atoms with Crippen LogP contribution in [0, 0.1) is 12.7 Å². The zero-order valence-corrected chi connectivity index (χ0v) is 24.1. The molecule has 0 saturated carbocycles. The van der Waals surface area contributed by atoms with Gasteiger partial charge < -0.3 is 9.47 Å². The molecule has 0 N–H and O–H groups in total. The third-order valence-electron chi connectivity index (χ3n) is 6.30. The SMILES string of the molecule is CCOc1nc(C(CS(C)(=O)=O)n2c(=O)n(CC(F)F)c3c(C)c(-c4ccc(F)cc4)cnc32)ccc1OC(C)C. The van der Waals surface area contributed by atoms with E-state index in [4.69, 9.17) is 9.47 Å². The molecule has 1 atom stereocenters. The molecule has 3 heterocycles. The summed E-state index contributed by atoms with van der Waals surface area (Å²) in [5, 5.41) is 0. The number of ether oxygens (including phenoxy) is 2. The van der Waals surface area contributed by atoms with E-state index in [1.54, 1.807) is 19.9 Å². The Hall–Kier alpha value is -3.87. The van der Waals surface area contributed by atoms with Gasteiger partial charge in [-0.15, -0.1) is 0 Å². The molecule has 0 aliphatic heterocycles. The summed E-state index contributed by atoms with van der Waals surface area (Å²) in [4.78, 5) is 22.8. The first-order chi connectivity index (χ1) is 19.3. The summed E-state index contributed by atoms with van der Waals surface area (Å²) >= 11 is 0. The summed E-state index contributed by atoms with van der Waals surface area (Å²) in [6, 6.07) is 7.40. The van der Waals surface area contributed by atoms with Crippen molar-refractivity contribution in [2.75, 3.05) is 18.6 Å². The molecule has 4 aromatic rings. The molecule has 1 unspecified atom stereocenters. The third-order valence-corrected chi connectivity index (χ3v) is 7.22. The first-order valence-corrected chi connectivity index (χ1v) is 15.0. The number of rotatable bonds is 11. The number of alkyl halides is 2. The number of aromatic nitrogens is 4. The molecule has 0 aliphatic carbocycles. The quantitative estimate of drug-likeness (QED) is 0.247. The van der Waals surface area contributed by atoms with Crippen molar-refractivity contribution < 1.29 is 31.1 Å². The Bertz CT molecular complexity index is 1720. The van der Waals surface area contributed by atoms with Gasteiger partial charge in [0.2, 0.25) is 0 Å². The fraction of sp³-hybridized carbons (Fsp3) is 0.393. The van der Waals surface area contributed by atoms with Crippen molar-refractivity contribution >= 4 is 21.0 Å². The molecule has 0 radical (unpaired) electrons. The van der Waals surface area contributed by atoms with Gasteiger partial charge in [0.1, 0.15) is 15.7 Å². The van der Waals surface area contributed by atoms with Gasteiger partial charge in [0.25, 0.3) is 12.3 Å². The number of aryl methyl sites for hydroxylation is 1. The van der Waals surface area contributed by atoms with Crippen LogP contribution in [0.1, 0.15) is 38.1 Å². The van der Waals surface area contributed by atoms with E-state index >= 15 is 0 Å². The number of sulfone groups is 1. The monoisotopic (exact) mass is 592 g/mol. The highest BCUT2D eigenvalue weighted by atomic mass is 32.2. The summed E-state index contributed by atoms with van der Waals surface area (Å²) in [5.74, 6) is -0.587. The number of pyridine rings is 2. The number of halogens is 3.